The first kappa shape index (κ1) is 13.1. The number of nitrogens with zero attached hydrogens (tertiary/aromatic N) is 1. The van der Waals surface area contributed by atoms with E-state index in [9.17, 15) is 9.90 Å². The Balaban J connectivity index is 2.14. The molecule has 0 saturated heterocycles. The number of aromatic amines is 1. The highest BCUT2D eigenvalue weighted by atomic mass is 16.5. The van der Waals surface area contributed by atoms with E-state index in [4.69, 9.17) is 4.74 Å². The van der Waals surface area contributed by atoms with Gasteiger partial charge in [-0.15, -0.1) is 0 Å². The van der Waals surface area contributed by atoms with Crippen LogP contribution in [0, 0.1) is 5.92 Å². The minimum absolute atomic E-state index is 0.380. The van der Waals surface area contributed by atoms with Crippen LogP contribution < -0.4 is 0 Å². The van der Waals surface area contributed by atoms with E-state index in [2.05, 4.69) is 16.9 Å². The average molecular weight is 252 g/mol. The second-order valence-corrected chi connectivity index (χ2v) is 5.09. The molecule has 1 aliphatic rings. The number of nitrogens with one attached hydrogen (secondary N) is 1. The quantitative estimate of drug-likeness (QED) is 0.837. The van der Waals surface area contributed by atoms with Gasteiger partial charge in [-0.2, -0.15) is 0 Å². The van der Waals surface area contributed by atoms with Crippen LogP contribution in [-0.4, -0.2) is 34.8 Å². The Bertz CT molecular complexity index is 428. The van der Waals surface area contributed by atoms with E-state index in [1.807, 2.05) is 0 Å². The molecule has 0 aromatic carbocycles. The molecular weight excluding hydrogens is 232 g/mol. The number of rotatable bonds is 5. The van der Waals surface area contributed by atoms with E-state index in [-0.39, 0.29) is 0 Å². The van der Waals surface area contributed by atoms with Crippen LogP contribution in [0.5, 0.6) is 0 Å². The molecule has 1 heterocycles. The first-order chi connectivity index (χ1) is 8.61. The summed E-state index contributed by atoms with van der Waals surface area (Å²) in [6.45, 7) is 2.79. The molecule has 2 rings (SSSR count). The average Bonchev–Trinajstić information content (AvgIpc) is 2.70. The Morgan fingerprint density at radius 2 is 2.44 bits per heavy atom. The largest absolute Gasteiger partial charge is 0.481 e. The summed E-state index contributed by atoms with van der Waals surface area (Å²) in [6.07, 6.45) is 3.32. The molecular formula is C13H20N2O3. The second-order valence-electron chi connectivity index (χ2n) is 5.09. The van der Waals surface area contributed by atoms with Crippen LogP contribution in [0.4, 0.5) is 0 Å². The van der Waals surface area contributed by atoms with Gasteiger partial charge in [0.25, 0.3) is 0 Å². The van der Waals surface area contributed by atoms with Gasteiger partial charge in [-0.1, -0.05) is 6.92 Å². The SMILES string of the molecule is COCC(C)Cc1nc2c([nH]1)CCCC2C(=O)O. The molecule has 5 nitrogen and oxygen atoms in total. The van der Waals surface area contributed by atoms with E-state index in [1.54, 1.807) is 7.11 Å². The van der Waals surface area contributed by atoms with E-state index in [1.165, 1.54) is 0 Å². The molecule has 2 N–H and O–H groups in total. The van der Waals surface area contributed by atoms with Crippen LogP contribution in [0.3, 0.4) is 0 Å². The summed E-state index contributed by atoms with van der Waals surface area (Å²) in [5.41, 5.74) is 1.75. The fourth-order valence-electron chi connectivity index (χ4n) is 2.59. The van der Waals surface area contributed by atoms with Crippen molar-refractivity contribution in [2.75, 3.05) is 13.7 Å². The molecule has 2 atom stereocenters. The molecule has 0 spiro atoms. The number of ether oxygens (including phenoxy) is 1. The molecule has 100 valence electrons. The van der Waals surface area contributed by atoms with Crippen molar-refractivity contribution in [2.45, 2.75) is 38.5 Å². The fourth-order valence-corrected chi connectivity index (χ4v) is 2.59. The van der Waals surface area contributed by atoms with Crippen molar-refractivity contribution in [3.05, 3.63) is 17.2 Å². The molecule has 18 heavy (non-hydrogen) atoms. The van der Waals surface area contributed by atoms with Gasteiger partial charge in [0.2, 0.25) is 0 Å². The van der Waals surface area contributed by atoms with Gasteiger partial charge in [0.05, 0.1) is 5.69 Å². The van der Waals surface area contributed by atoms with Gasteiger partial charge >= 0.3 is 5.97 Å². The van der Waals surface area contributed by atoms with Crippen molar-refractivity contribution in [3.8, 4) is 0 Å². The lowest BCUT2D eigenvalue weighted by Gasteiger charge is -2.16. The number of carboxylic acids is 1. The van der Waals surface area contributed by atoms with E-state index < -0.39 is 11.9 Å². The van der Waals surface area contributed by atoms with Gasteiger partial charge in [0, 0.05) is 25.8 Å². The molecule has 0 amide bonds. The number of imidazole rings is 1. The molecule has 2 unspecified atom stereocenters. The molecule has 0 radical (unpaired) electrons. The van der Waals surface area contributed by atoms with Gasteiger partial charge in [-0.25, -0.2) is 4.98 Å². The molecule has 0 bridgehead atoms. The third-order valence-electron chi connectivity index (χ3n) is 3.40. The van der Waals surface area contributed by atoms with Crippen molar-refractivity contribution in [2.24, 2.45) is 5.92 Å². The predicted molar refractivity (Wildman–Crippen MR) is 66.6 cm³/mol. The molecule has 1 aliphatic carbocycles. The molecule has 1 aromatic rings. The number of carboxylic acid groups (broad SMARTS) is 1. The number of aromatic nitrogens is 2. The van der Waals surface area contributed by atoms with E-state index in [0.29, 0.717) is 18.9 Å². The van der Waals surface area contributed by atoms with Crippen LogP contribution in [0.15, 0.2) is 0 Å². The Labute approximate surface area is 107 Å². The number of methoxy groups -OCH3 is 1. The summed E-state index contributed by atoms with van der Waals surface area (Å²) < 4.78 is 5.10. The lowest BCUT2D eigenvalue weighted by atomic mass is 9.90. The summed E-state index contributed by atoms with van der Waals surface area (Å²) in [7, 11) is 1.68. The molecule has 1 aromatic heterocycles. The van der Waals surface area contributed by atoms with Crippen LogP contribution in [-0.2, 0) is 22.4 Å². The monoisotopic (exact) mass is 252 g/mol. The predicted octanol–water partition coefficient (Wildman–Crippen LogP) is 1.74. The van der Waals surface area contributed by atoms with Crippen molar-refractivity contribution in [1.29, 1.82) is 0 Å². The maximum Gasteiger partial charge on any atom is 0.312 e. The summed E-state index contributed by atoms with van der Waals surface area (Å²) in [5, 5.41) is 9.19. The Morgan fingerprint density at radius 3 is 3.11 bits per heavy atom. The highest BCUT2D eigenvalue weighted by molar-refractivity contribution is 5.76. The van der Waals surface area contributed by atoms with Gasteiger partial charge < -0.3 is 14.8 Å². The number of aliphatic carboxylic acids is 1. The highest BCUT2D eigenvalue weighted by Crippen LogP contribution is 2.30. The van der Waals surface area contributed by atoms with Crippen LogP contribution in [0.25, 0.3) is 0 Å². The number of hydrogen-bond acceptors (Lipinski definition) is 3. The Hall–Kier alpha value is -1.36. The smallest absolute Gasteiger partial charge is 0.312 e. The van der Waals surface area contributed by atoms with Crippen LogP contribution in [0.1, 0.15) is 42.9 Å². The first-order valence-electron chi connectivity index (χ1n) is 6.41. The lowest BCUT2D eigenvalue weighted by Crippen LogP contribution is -2.17. The minimum atomic E-state index is -0.765. The zero-order chi connectivity index (χ0) is 13.1. The van der Waals surface area contributed by atoms with Crippen LogP contribution in [0.2, 0.25) is 0 Å². The third kappa shape index (κ3) is 2.72. The Kier molecular flexibility index (Phi) is 4.01. The maximum absolute atomic E-state index is 11.2. The normalized spacial score (nSPS) is 20.4. The number of H-pyrrole nitrogens is 1. The molecule has 5 heteroatoms. The molecule has 0 aliphatic heterocycles. The third-order valence-corrected chi connectivity index (χ3v) is 3.40. The van der Waals surface area contributed by atoms with Gasteiger partial charge in [-0.3, -0.25) is 4.79 Å². The van der Waals surface area contributed by atoms with Crippen molar-refractivity contribution >= 4 is 5.97 Å². The van der Waals surface area contributed by atoms with Crippen molar-refractivity contribution in [3.63, 3.8) is 0 Å². The number of carbonyl (C=O) groups is 1. The van der Waals surface area contributed by atoms with E-state index >= 15 is 0 Å². The standard InChI is InChI=1S/C13H20N2O3/c1-8(7-18-2)6-11-14-10-5-3-4-9(13(16)17)12(10)15-11/h8-9H,3-7H2,1-2H3,(H,14,15)(H,16,17). The lowest BCUT2D eigenvalue weighted by molar-refractivity contribution is -0.139. The van der Waals surface area contributed by atoms with Gasteiger partial charge in [0.1, 0.15) is 11.7 Å². The summed E-state index contributed by atoms with van der Waals surface area (Å²) in [5.74, 6) is 0.0685. The molecule has 0 fully saturated rings. The molecule has 0 saturated carbocycles. The summed E-state index contributed by atoms with van der Waals surface area (Å²) in [6, 6.07) is 0. The zero-order valence-corrected chi connectivity index (χ0v) is 10.9. The minimum Gasteiger partial charge on any atom is -0.481 e. The first-order valence-corrected chi connectivity index (χ1v) is 6.41. The van der Waals surface area contributed by atoms with Gasteiger partial charge in [-0.05, 0) is 25.2 Å². The van der Waals surface area contributed by atoms with Crippen molar-refractivity contribution in [1.82, 2.24) is 9.97 Å². The van der Waals surface area contributed by atoms with Crippen LogP contribution >= 0.6 is 0 Å². The summed E-state index contributed by atoms with van der Waals surface area (Å²) in [4.78, 5) is 18.9. The maximum atomic E-state index is 11.2. The number of aryl methyl sites for hydroxylation is 1. The van der Waals surface area contributed by atoms with Crippen molar-refractivity contribution < 1.29 is 14.6 Å². The highest BCUT2D eigenvalue weighted by Gasteiger charge is 2.29. The Morgan fingerprint density at radius 1 is 1.67 bits per heavy atom. The van der Waals surface area contributed by atoms with Gasteiger partial charge in [0.15, 0.2) is 0 Å². The topological polar surface area (TPSA) is 75.2 Å². The fraction of sp³-hybridized carbons (Fsp3) is 0.692. The second kappa shape index (κ2) is 5.52. The number of fused-ring (bicyclic) bond motifs is 1. The zero-order valence-electron chi connectivity index (χ0n) is 10.9. The number of hydrogen-bond donors (Lipinski definition) is 2. The summed E-state index contributed by atoms with van der Waals surface area (Å²) >= 11 is 0. The van der Waals surface area contributed by atoms with E-state index in [0.717, 1.165) is 36.5 Å².